The quantitative estimate of drug-likeness (QED) is 0.882. The first-order valence-corrected chi connectivity index (χ1v) is 6.19. The van der Waals surface area contributed by atoms with Crippen LogP contribution in [-0.4, -0.2) is 17.5 Å². The van der Waals surface area contributed by atoms with Crippen molar-refractivity contribution < 1.29 is 13.6 Å². The molecule has 5 heteroatoms. The second-order valence-corrected chi connectivity index (χ2v) is 5.54. The van der Waals surface area contributed by atoms with Gasteiger partial charge in [-0.25, -0.2) is 8.78 Å². The van der Waals surface area contributed by atoms with Crippen LogP contribution in [0.25, 0.3) is 0 Å². The SMILES string of the molecule is CC(NCc1c(F)cccc1F)C(=O)NC(C)(C)C. The van der Waals surface area contributed by atoms with Gasteiger partial charge in [0.05, 0.1) is 6.04 Å². The van der Waals surface area contributed by atoms with Gasteiger partial charge in [-0.2, -0.15) is 0 Å². The maximum atomic E-state index is 13.4. The molecule has 0 spiro atoms. The Hall–Kier alpha value is -1.49. The first-order valence-electron chi connectivity index (χ1n) is 6.19. The van der Waals surface area contributed by atoms with E-state index in [1.807, 2.05) is 20.8 Å². The van der Waals surface area contributed by atoms with Crippen LogP contribution in [0.2, 0.25) is 0 Å². The van der Waals surface area contributed by atoms with Crippen LogP contribution in [0.4, 0.5) is 8.78 Å². The summed E-state index contributed by atoms with van der Waals surface area (Å²) in [5.41, 5.74) is -0.395. The van der Waals surface area contributed by atoms with Gasteiger partial charge in [-0.05, 0) is 39.8 Å². The molecule has 2 N–H and O–H groups in total. The molecule has 0 aliphatic heterocycles. The summed E-state index contributed by atoms with van der Waals surface area (Å²) >= 11 is 0. The first kappa shape index (κ1) is 15.6. The topological polar surface area (TPSA) is 41.1 Å². The van der Waals surface area contributed by atoms with Gasteiger partial charge in [-0.15, -0.1) is 0 Å². The summed E-state index contributed by atoms with van der Waals surface area (Å²) in [7, 11) is 0. The van der Waals surface area contributed by atoms with Crippen molar-refractivity contribution in [3.05, 3.63) is 35.4 Å². The Morgan fingerprint density at radius 3 is 2.26 bits per heavy atom. The second-order valence-electron chi connectivity index (χ2n) is 5.54. The van der Waals surface area contributed by atoms with Crippen LogP contribution < -0.4 is 10.6 Å². The third-order valence-corrected chi connectivity index (χ3v) is 2.54. The lowest BCUT2D eigenvalue weighted by Gasteiger charge is -2.23. The number of halogens is 2. The smallest absolute Gasteiger partial charge is 0.237 e. The lowest BCUT2D eigenvalue weighted by atomic mass is 10.1. The van der Waals surface area contributed by atoms with Crippen molar-refractivity contribution in [1.29, 1.82) is 0 Å². The maximum Gasteiger partial charge on any atom is 0.237 e. The van der Waals surface area contributed by atoms with Gasteiger partial charge in [0.1, 0.15) is 11.6 Å². The summed E-state index contributed by atoms with van der Waals surface area (Å²) in [6.07, 6.45) is 0. The number of nitrogens with one attached hydrogen (secondary N) is 2. The van der Waals surface area contributed by atoms with E-state index in [0.29, 0.717) is 0 Å². The Labute approximate surface area is 112 Å². The number of rotatable bonds is 4. The van der Waals surface area contributed by atoms with Gasteiger partial charge in [-0.3, -0.25) is 4.79 Å². The fourth-order valence-electron chi connectivity index (χ4n) is 1.53. The van der Waals surface area contributed by atoms with Crippen LogP contribution in [0.3, 0.4) is 0 Å². The molecule has 0 radical (unpaired) electrons. The molecule has 0 heterocycles. The van der Waals surface area contributed by atoms with E-state index < -0.39 is 17.7 Å². The molecule has 0 aliphatic carbocycles. The molecule has 106 valence electrons. The van der Waals surface area contributed by atoms with Gasteiger partial charge >= 0.3 is 0 Å². The van der Waals surface area contributed by atoms with Crippen LogP contribution in [0.5, 0.6) is 0 Å². The van der Waals surface area contributed by atoms with Crippen LogP contribution in [0.1, 0.15) is 33.3 Å². The Balaban J connectivity index is 2.59. The van der Waals surface area contributed by atoms with E-state index >= 15 is 0 Å². The number of amides is 1. The van der Waals surface area contributed by atoms with E-state index in [2.05, 4.69) is 10.6 Å². The highest BCUT2D eigenvalue weighted by Gasteiger charge is 2.19. The van der Waals surface area contributed by atoms with Gasteiger partial charge in [0.25, 0.3) is 0 Å². The Bertz CT molecular complexity index is 435. The summed E-state index contributed by atoms with van der Waals surface area (Å²) in [5, 5.41) is 5.61. The number of carbonyl (C=O) groups excluding carboxylic acids is 1. The van der Waals surface area contributed by atoms with Crippen molar-refractivity contribution in [2.24, 2.45) is 0 Å². The number of carbonyl (C=O) groups is 1. The zero-order chi connectivity index (χ0) is 14.6. The minimum atomic E-state index is -0.615. The lowest BCUT2D eigenvalue weighted by molar-refractivity contribution is -0.124. The van der Waals surface area contributed by atoms with Gasteiger partial charge in [-0.1, -0.05) is 6.07 Å². The van der Waals surface area contributed by atoms with E-state index in [-0.39, 0.29) is 23.6 Å². The average molecular weight is 270 g/mol. The molecule has 0 fully saturated rings. The lowest BCUT2D eigenvalue weighted by Crippen LogP contribution is -2.49. The summed E-state index contributed by atoms with van der Waals surface area (Å²) in [5.74, 6) is -1.43. The molecular weight excluding hydrogens is 250 g/mol. The molecule has 1 amide bonds. The molecule has 1 aromatic rings. The number of hydrogen-bond acceptors (Lipinski definition) is 2. The predicted molar refractivity (Wildman–Crippen MR) is 70.6 cm³/mol. The van der Waals surface area contributed by atoms with Crippen molar-refractivity contribution in [2.75, 3.05) is 0 Å². The zero-order valence-corrected chi connectivity index (χ0v) is 11.7. The molecule has 0 aromatic heterocycles. The summed E-state index contributed by atoms with van der Waals surface area (Å²) < 4.78 is 26.8. The summed E-state index contributed by atoms with van der Waals surface area (Å²) in [6, 6.07) is 3.17. The number of hydrogen-bond donors (Lipinski definition) is 2. The van der Waals surface area contributed by atoms with Crippen LogP contribution in [0, 0.1) is 11.6 Å². The van der Waals surface area contributed by atoms with Crippen molar-refractivity contribution in [2.45, 2.75) is 45.8 Å². The summed E-state index contributed by atoms with van der Waals surface area (Å²) in [4.78, 5) is 11.8. The van der Waals surface area contributed by atoms with Crippen LogP contribution in [0.15, 0.2) is 18.2 Å². The molecule has 0 saturated heterocycles. The van der Waals surface area contributed by atoms with Gasteiger partial charge in [0.15, 0.2) is 0 Å². The largest absolute Gasteiger partial charge is 0.350 e. The van der Waals surface area contributed by atoms with E-state index in [4.69, 9.17) is 0 Å². The van der Waals surface area contributed by atoms with Gasteiger partial charge in [0, 0.05) is 17.6 Å². The molecule has 0 aliphatic rings. The van der Waals surface area contributed by atoms with Crippen molar-refractivity contribution in [1.82, 2.24) is 10.6 Å². The van der Waals surface area contributed by atoms with Crippen molar-refractivity contribution in [3.63, 3.8) is 0 Å². The van der Waals surface area contributed by atoms with Gasteiger partial charge < -0.3 is 10.6 Å². The Kier molecular flexibility index (Phi) is 5.00. The molecule has 3 nitrogen and oxygen atoms in total. The fourth-order valence-corrected chi connectivity index (χ4v) is 1.53. The maximum absolute atomic E-state index is 13.4. The Morgan fingerprint density at radius 2 is 1.79 bits per heavy atom. The van der Waals surface area contributed by atoms with E-state index in [1.165, 1.54) is 18.2 Å². The number of benzene rings is 1. The standard InChI is InChI=1S/C14H20F2N2O/c1-9(13(19)18-14(2,3)4)17-8-10-11(15)6-5-7-12(10)16/h5-7,9,17H,8H2,1-4H3,(H,18,19). The van der Waals surface area contributed by atoms with Crippen molar-refractivity contribution in [3.8, 4) is 0 Å². The average Bonchev–Trinajstić information content (AvgIpc) is 2.25. The molecule has 1 aromatic carbocycles. The highest BCUT2D eigenvalue weighted by Crippen LogP contribution is 2.11. The molecule has 1 rings (SSSR count). The predicted octanol–water partition coefficient (Wildman–Crippen LogP) is 2.36. The van der Waals surface area contributed by atoms with E-state index in [0.717, 1.165) is 0 Å². The fraction of sp³-hybridized carbons (Fsp3) is 0.500. The minimum absolute atomic E-state index is 0.0305. The summed E-state index contributed by atoms with van der Waals surface area (Å²) in [6.45, 7) is 7.23. The molecule has 0 saturated carbocycles. The van der Waals surface area contributed by atoms with E-state index in [1.54, 1.807) is 6.92 Å². The Morgan fingerprint density at radius 1 is 1.26 bits per heavy atom. The second kappa shape index (κ2) is 6.10. The van der Waals surface area contributed by atoms with Crippen LogP contribution in [-0.2, 0) is 11.3 Å². The molecule has 0 bridgehead atoms. The third kappa shape index (κ3) is 4.95. The highest BCUT2D eigenvalue weighted by molar-refractivity contribution is 5.81. The zero-order valence-electron chi connectivity index (χ0n) is 11.7. The third-order valence-electron chi connectivity index (χ3n) is 2.54. The first-order chi connectivity index (χ1) is 8.70. The molecule has 1 unspecified atom stereocenters. The minimum Gasteiger partial charge on any atom is -0.350 e. The molecular formula is C14H20F2N2O. The molecule has 1 atom stereocenters. The van der Waals surface area contributed by atoms with Crippen molar-refractivity contribution >= 4 is 5.91 Å². The molecule has 19 heavy (non-hydrogen) atoms. The van der Waals surface area contributed by atoms with Crippen LogP contribution >= 0.6 is 0 Å². The van der Waals surface area contributed by atoms with Gasteiger partial charge in [0.2, 0.25) is 5.91 Å². The van der Waals surface area contributed by atoms with E-state index in [9.17, 15) is 13.6 Å². The highest BCUT2D eigenvalue weighted by atomic mass is 19.1. The normalized spacial score (nSPS) is 13.2. The monoisotopic (exact) mass is 270 g/mol.